The minimum Gasteiger partial charge on any atom is -0.493 e. The Labute approximate surface area is 120 Å². The third kappa shape index (κ3) is 3.59. The maximum absolute atomic E-state index is 5.76. The maximum Gasteiger partial charge on any atom is 0.122 e. The van der Waals surface area contributed by atoms with Crippen LogP contribution in [0, 0.1) is 13.8 Å². The molecule has 0 fully saturated rings. The van der Waals surface area contributed by atoms with E-state index in [1.54, 1.807) is 4.68 Å². The average Bonchev–Trinajstić information content (AvgIpc) is 2.83. The van der Waals surface area contributed by atoms with Crippen LogP contribution < -0.4 is 4.74 Å². The van der Waals surface area contributed by atoms with Crippen molar-refractivity contribution in [3.05, 3.63) is 40.7 Å². The summed E-state index contributed by atoms with van der Waals surface area (Å²) in [6.07, 6.45) is 4.91. The Balaban J connectivity index is 2.06. The standard InChI is InChI=1S/C16H23N3O/c1-5-8-20-16-10-12(2)14(9-13(16)3)6-7-15-11-19(4)18-17-15/h9-11H,5-8H2,1-4H3. The Hall–Kier alpha value is -1.84. The van der Waals surface area contributed by atoms with Crippen molar-refractivity contribution in [3.8, 4) is 5.75 Å². The molecule has 2 aromatic rings. The molecule has 0 bridgehead atoms. The molecule has 0 spiro atoms. The van der Waals surface area contributed by atoms with Gasteiger partial charge in [0.15, 0.2) is 0 Å². The van der Waals surface area contributed by atoms with Crippen LogP contribution >= 0.6 is 0 Å². The normalized spacial score (nSPS) is 10.8. The van der Waals surface area contributed by atoms with E-state index < -0.39 is 0 Å². The first-order valence-corrected chi connectivity index (χ1v) is 7.18. The first-order chi connectivity index (χ1) is 9.60. The highest BCUT2D eigenvalue weighted by Crippen LogP contribution is 2.24. The summed E-state index contributed by atoms with van der Waals surface area (Å²) < 4.78 is 7.51. The number of nitrogens with zero attached hydrogens (tertiary/aromatic N) is 3. The number of hydrogen-bond donors (Lipinski definition) is 0. The lowest BCUT2D eigenvalue weighted by Gasteiger charge is -2.12. The molecule has 108 valence electrons. The Bertz CT molecular complexity index is 575. The Morgan fingerprint density at radius 1 is 1.15 bits per heavy atom. The fourth-order valence-corrected chi connectivity index (χ4v) is 2.26. The molecule has 4 heteroatoms. The Kier molecular flexibility index (Phi) is 4.77. The number of benzene rings is 1. The van der Waals surface area contributed by atoms with Gasteiger partial charge in [-0.1, -0.05) is 18.2 Å². The van der Waals surface area contributed by atoms with Crippen molar-refractivity contribution in [2.45, 2.75) is 40.0 Å². The van der Waals surface area contributed by atoms with E-state index in [4.69, 9.17) is 4.74 Å². The summed E-state index contributed by atoms with van der Waals surface area (Å²) in [5.74, 6) is 1.01. The molecule has 1 aromatic carbocycles. The summed E-state index contributed by atoms with van der Waals surface area (Å²) in [5.41, 5.74) is 4.89. The first-order valence-electron chi connectivity index (χ1n) is 7.18. The van der Waals surface area contributed by atoms with Crippen molar-refractivity contribution in [2.24, 2.45) is 7.05 Å². The number of aryl methyl sites for hydroxylation is 5. The zero-order chi connectivity index (χ0) is 14.5. The molecule has 0 radical (unpaired) electrons. The van der Waals surface area contributed by atoms with Crippen molar-refractivity contribution in [1.29, 1.82) is 0 Å². The molecule has 4 nitrogen and oxygen atoms in total. The zero-order valence-corrected chi connectivity index (χ0v) is 12.8. The molecular formula is C16H23N3O. The molecule has 1 heterocycles. The van der Waals surface area contributed by atoms with Gasteiger partial charge in [-0.05, 0) is 55.9 Å². The molecule has 0 aliphatic rings. The fourth-order valence-electron chi connectivity index (χ4n) is 2.26. The first kappa shape index (κ1) is 14.6. The van der Waals surface area contributed by atoms with Crippen LogP contribution in [0.15, 0.2) is 18.3 Å². The van der Waals surface area contributed by atoms with E-state index in [0.29, 0.717) is 0 Å². The summed E-state index contributed by atoms with van der Waals surface area (Å²) in [6, 6.07) is 4.38. The average molecular weight is 273 g/mol. The molecule has 2 rings (SSSR count). The molecule has 1 aromatic heterocycles. The van der Waals surface area contributed by atoms with Crippen LogP contribution in [-0.2, 0) is 19.9 Å². The number of aromatic nitrogens is 3. The highest BCUT2D eigenvalue weighted by atomic mass is 16.5. The molecule has 0 unspecified atom stereocenters. The van der Waals surface area contributed by atoms with Crippen molar-refractivity contribution in [2.75, 3.05) is 6.61 Å². The van der Waals surface area contributed by atoms with Crippen molar-refractivity contribution >= 4 is 0 Å². The minimum absolute atomic E-state index is 0.777. The smallest absolute Gasteiger partial charge is 0.122 e. The van der Waals surface area contributed by atoms with Crippen LogP contribution in [0.25, 0.3) is 0 Å². The minimum atomic E-state index is 0.777. The van der Waals surface area contributed by atoms with E-state index in [2.05, 4.69) is 43.2 Å². The summed E-state index contributed by atoms with van der Waals surface area (Å²) in [7, 11) is 1.89. The largest absolute Gasteiger partial charge is 0.493 e. The Morgan fingerprint density at radius 3 is 2.60 bits per heavy atom. The topological polar surface area (TPSA) is 39.9 Å². The van der Waals surface area contributed by atoms with Crippen LogP contribution in [0.2, 0.25) is 0 Å². The van der Waals surface area contributed by atoms with Gasteiger partial charge >= 0.3 is 0 Å². The molecular weight excluding hydrogens is 250 g/mol. The van der Waals surface area contributed by atoms with Crippen LogP contribution in [0.5, 0.6) is 5.75 Å². The van der Waals surface area contributed by atoms with E-state index in [0.717, 1.165) is 37.3 Å². The number of hydrogen-bond acceptors (Lipinski definition) is 3. The van der Waals surface area contributed by atoms with E-state index in [9.17, 15) is 0 Å². The van der Waals surface area contributed by atoms with Gasteiger partial charge in [-0.2, -0.15) is 0 Å². The second kappa shape index (κ2) is 6.55. The van der Waals surface area contributed by atoms with Crippen LogP contribution in [0.3, 0.4) is 0 Å². The van der Waals surface area contributed by atoms with Gasteiger partial charge in [-0.15, -0.1) is 5.10 Å². The van der Waals surface area contributed by atoms with Gasteiger partial charge in [-0.25, -0.2) is 0 Å². The van der Waals surface area contributed by atoms with Gasteiger partial charge in [0.1, 0.15) is 5.75 Å². The summed E-state index contributed by atoms with van der Waals surface area (Å²) in [5, 5.41) is 8.09. The van der Waals surface area contributed by atoms with Gasteiger partial charge in [0, 0.05) is 13.2 Å². The lowest BCUT2D eigenvalue weighted by Crippen LogP contribution is -2.01. The van der Waals surface area contributed by atoms with E-state index in [-0.39, 0.29) is 0 Å². The molecule has 0 saturated heterocycles. The van der Waals surface area contributed by atoms with Gasteiger partial charge in [0.05, 0.1) is 12.3 Å². The van der Waals surface area contributed by atoms with Crippen molar-refractivity contribution in [1.82, 2.24) is 15.0 Å². The lowest BCUT2D eigenvalue weighted by atomic mass is 10.00. The van der Waals surface area contributed by atoms with Gasteiger partial charge in [0.2, 0.25) is 0 Å². The van der Waals surface area contributed by atoms with Gasteiger partial charge in [-0.3, -0.25) is 4.68 Å². The van der Waals surface area contributed by atoms with E-state index in [1.165, 1.54) is 16.7 Å². The Morgan fingerprint density at radius 2 is 1.95 bits per heavy atom. The van der Waals surface area contributed by atoms with Crippen molar-refractivity contribution < 1.29 is 4.74 Å². The second-order valence-electron chi connectivity index (χ2n) is 5.28. The van der Waals surface area contributed by atoms with Crippen molar-refractivity contribution in [3.63, 3.8) is 0 Å². The zero-order valence-electron chi connectivity index (χ0n) is 12.8. The molecule has 0 aliphatic heterocycles. The monoisotopic (exact) mass is 273 g/mol. The molecule has 0 N–H and O–H groups in total. The maximum atomic E-state index is 5.76. The van der Waals surface area contributed by atoms with Crippen LogP contribution in [0.4, 0.5) is 0 Å². The quantitative estimate of drug-likeness (QED) is 0.812. The summed E-state index contributed by atoms with van der Waals surface area (Å²) >= 11 is 0. The van der Waals surface area contributed by atoms with Gasteiger partial charge in [0.25, 0.3) is 0 Å². The second-order valence-corrected chi connectivity index (χ2v) is 5.28. The highest BCUT2D eigenvalue weighted by molar-refractivity contribution is 5.41. The molecule has 0 amide bonds. The predicted octanol–water partition coefficient (Wildman–Crippen LogP) is 3.01. The molecule has 20 heavy (non-hydrogen) atoms. The number of ether oxygens (including phenoxy) is 1. The summed E-state index contributed by atoms with van der Waals surface area (Å²) in [4.78, 5) is 0. The predicted molar refractivity (Wildman–Crippen MR) is 80.1 cm³/mol. The molecule has 0 atom stereocenters. The summed E-state index contributed by atoms with van der Waals surface area (Å²) in [6.45, 7) is 7.15. The number of rotatable bonds is 6. The fraction of sp³-hybridized carbons (Fsp3) is 0.500. The molecule has 0 aliphatic carbocycles. The van der Waals surface area contributed by atoms with E-state index >= 15 is 0 Å². The van der Waals surface area contributed by atoms with Crippen LogP contribution in [-0.4, -0.2) is 21.6 Å². The third-order valence-electron chi connectivity index (χ3n) is 3.40. The molecule has 0 saturated carbocycles. The van der Waals surface area contributed by atoms with Crippen LogP contribution in [0.1, 0.15) is 35.7 Å². The van der Waals surface area contributed by atoms with Gasteiger partial charge < -0.3 is 4.74 Å². The highest BCUT2D eigenvalue weighted by Gasteiger charge is 2.07. The lowest BCUT2D eigenvalue weighted by molar-refractivity contribution is 0.315. The van der Waals surface area contributed by atoms with E-state index in [1.807, 2.05) is 13.2 Å². The third-order valence-corrected chi connectivity index (χ3v) is 3.40. The SMILES string of the molecule is CCCOc1cc(C)c(CCc2cn(C)nn2)cc1C.